The zero-order valence-corrected chi connectivity index (χ0v) is 35.2. The molecule has 0 aliphatic rings. The maximum Gasteiger partial charge on any atom is 0.530 e. The van der Waals surface area contributed by atoms with E-state index >= 15 is 0 Å². The van der Waals surface area contributed by atoms with Gasteiger partial charge in [0.15, 0.2) is 0 Å². The topological polar surface area (TPSA) is 27.7 Å². The van der Waals surface area contributed by atoms with Crippen LogP contribution in [0.25, 0.3) is 0 Å². The Labute approximate surface area is 322 Å². The highest BCUT2D eigenvalue weighted by atomic mass is 31.2. The third-order valence-electron chi connectivity index (χ3n) is 10.4. The zero-order chi connectivity index (χ0) is 37.2. The highest BCUT2D eigenvalue weighted by Gasteiger charge is 2.26. The van der Waals surface area contributed by atoms with Gasteiger partial charge in [-0.25, -0.2) is 0 Å². The average molecular weight is 731 g/mol. The van der Waals surface area contributed by atoms with E-state index in [1.54, 1.807) is 0 Å². The molecule has 0 fully saturated rings. The van der Waals surface area contributed by atoms with Crippen molar-refractivity contribution in [1.29, 1.82) is 0 Å². The van der Waals surface area contributed by atoms with Crippen molar-refractivity contribution in [3.05, 3.63) is 88.0 Å². The SMILES string of the molecule is CCCCCc1cccc(OP(Oc2cccc(CCCCC)c2CCCCC)Oc2cccc(CCCCC)c2CCCCC)c1CCCCC. The van der Waals surface area contributed by atoms with Crippen LogP contribution in [-0.4, -0.2) is 0 Å². The number of rotatable bonds is 30. The third-order valence-corrected chi connectivity index (χ3v) is 11.5. The Morgan fingerprint density at radius 1 is 0.327 bits per heavy atom. The van der Waals surface area contributed by atoms with Crippen LogP contribution in [0.2, 0.25) is 0 Å². The Hall–Kier alpha value is -2.51. The summed E-state index contributed by atoms with van der Waals surface area (Å²) < 4.78 is 21.3. The van der Waals surface area contributed by atoms with Crippen LogP contribution in [-0.2, 0) is 38.5 Å². The number of hydrogen-bond donors (Lipinski definition) is 0. The van der Waals surface area contributed by atoms with Gasteiger partial charge in [-0.1, -0.05) is 155 Å². The molecular weight excluding hydrogens is 655 g/mol. The molecule has 0 aliphatic heterocycles. The minimum absolute atomic E-state index is 0.939. The number of hydrogen-bond acceptors (Lipinski definition) is 3. The molecule has 290 valence electrons. The lowest BCUT2D eigenvalue weighted by Crippen LogP contribution is -2.09. The molecule has 0 heterocycles. The summed E-state index contributed by atoms with van der Waals surface area (Å²) in [6.45, 7) is 13.7. The summed E-state index contributed by atoms with van der Waals surface area (Å²) in [5.74, 6) is 2.82. The number of aryl methyl sites for hydroxylation is 3. The second-order valence-electron chi connectivity index (χ2n) is 14.9. The fourth-order valence-corrected chi connectivity index (χ4v) is 8.40. The van der Waals surface area contributed by atoms with E-state index in [0.29, 0.717) is 0 Å². The summed E-state index contributed by atoms with van der Waals surface area (Å²) >= 11 is 0. The average Bonchev–Trinajstić information content (AvgIpc) is 3.15. The molecule has 3 nitrogen and oxygen atoms in total. The smallest absolute Gasteiger partial charge is 0.408 e. The van der Waals surface area contributed by atoms with E-state index in [1.165, 1.54) is 149 Å². The van der Waals surface area contributed by atoms with E-state index < -0.39 is 8.60 Å². The van der Waals surface area contributed by atoms with Crippen molar-refractivity contribution in [2.45, 2.75) is 196 Å². The molecule has 0 unspecified atom stereocenters. The van der Waals surface area contributed by atoms with Gasteiger partial charge in [-0.15, -0.1) is 0 Å². The fourth-order valence-electron chi connectivity index (χ4n) is 7.29. The van der Waals surface area contributed by atoms with Crippen LogP contribution in [0.15, 0.2) is 54.6 Å². The van der Waals surface area contributed by atoms with Gasteiger partial charge in [0.05, 0.1) is 0 Å². The van der Waals surface area contributed by atoms with Crippen molar-refractivity contribution in [2.24, 2.45) is 0 Å². The first kappa shape index (κ1) is 43.9. The maximum absolute atomic E-state index is 7.09. The molecule has 0 aliphatic carbocycles. The molecule has 0 saturated heterocycles. The number of unbranched alkanes of at least 4 members (excludes halogenated alkanes) is 12. The fraction of sp³-hybridized carbons (Fsp3) is 0.625. The van der Waals surface area contributed by atoms with Gasteiger partial charge in [-0.2, -0.15) is 0 Å². The van der Waals surface area contributed by atoms with Crippen molar-refractivity contribution in [1.82, 2.24) is 0 Å². The Kier molecular flexibility index (Phi) is 22.9. The quantitative estimate of drug-likeness (QED) is 0.0505. The van der Waals surface area contributed by atoms with Gasteiger partial charge in [0.2, 0.25) is 0 Å². The molecular formula is C48H75O3P. The highest BCUT2D eigenvalue weighted by Crippen LogP contribution is 2.47. The molecule has 52 heavy (non-hydrogen) atoms. The van der Waals surface area contributed by atoms with Gasteiger partial charge in [-0.3, -0.25) is 0 Å². The van der Waals surface area contributed by atoms with Gasteiger partial charge in [0, 0.05) is 0 Å². The lowest BCUT2D eigenvalue weighted by atomic mass is 9.96. The zero-order valence-electron chi connectivity index (χ0n) is 34.3. The molecule has 0 atom stereocenters. The lowest BCUT2D eigenvalue weighted by Gasteiger charge is -2.24. The van der Waals surface area contributed by atoms with Gasteiger partial charge in [0.25, 0.3) is 0 Å². The van der Waals surface area contributed by atoms with Crippen LogP contribution in [0.3, 0.4) is 0 Å². The Morgan fingerprint density at radius 2 is 0.577 bits per heavy atom. The Balaban J connectivity index is 2.11. The molecule has 3 rings (SSSR count). The second-order valence-corrected chi connectivity index (χ2v) is 15.9. The largest absolute Gasteiger partial charge is 0.530 e. The molecule has 3 aromatic carbocycles. The summed E-state index contributed by atoms with van der Waals surface area (Å²) in [6.07, 6.45) is 28.2. The Morgan fingerprint density at radius 3 is 0.827 bits per heavy atom. The van der Waals surface area contributed by atoms with Crippen molar-refractivity contribution in [3.63, 3.8) is 0 Å². The molecule has 0 spiro atoms. The summed E-state index contributed by atoms with van der Waals surface area (Å²) in [6, 6.07) is 20.0. The molecule has 0 aromatic heterocycles. The predicted octanol–water partition coefficient (Wildman–Crippen LogP) is 15.8. The minimum atomic E-state index is -1.78. The predicted molar refractivity (Wildman–Crippen MR) is 228 cm³/mol. The van der Waals surface area contributed by atoms with E-state index in [1.807, 2.05) is 0 Å². The van der Waals surface area contributed by atoms with Crippen molar-refractivity contribution < 1.29 is 13.6 Å². The van der Waals surface area contributed by atoms with Crippen molar-refractivity contribution in [2.75, 3.05) is 0 Å². The van der Waals surface area contributed by atoms with Gasteiger partial charge in [0.1, 0.15) is 17.2 Å². The summed E-state index contributed by atoms with van der Waals surface area (Å²) in [7, 11) is -1.78. The Bertz CT molecular complexity index is 1200. The van der Waals surface area contributed by atoms with Gasteiger partial charge < -0.3 is 13.6 Å². The van der Waals surface area contributed by atoms with Gasteiger partial charge >= 0.3 is 8.60 Å². The third kappa shape index (κ3) is 15.5. The summed E-state index contributed by atoms with van der Waals surface area (Å²) in [5.41, 5.74) is 8.31. The van der Waals surface area contributed by atoms with Gasteiger partial charge in [-0.05, 0) is 129 Å². The molecule has 0 amide bonds. The molecule has 3 aromatic rings. The molecule has 0 N–H and O–H groups in total. The summed E-state index contributed by atoms with van der Waals surface area (Å²) in [5, 5.41) is 0. The van der Waals surface area contributed by atoms with Crippen LogP contribution >= 0.6 is 8.60 Å². The van der Waals surface area contributed by atoms with E-state index in [2.05, 4.69) is 96.1 Å². The van der Waals surface area contributed by atoms with E-state index in [9.17, 15) is 0 Å². The number of benzene rings is 3. The lowest BCUT2D eigenvalue weighted by molar-refractivity contribution is 0.381. The normalized spacial score (nSPS) is 11.4. The van der Waals surface area contributed by atoms with Crippen LogP contribution in [0.5, 0.6) is 17.2 Å². The molecule has 4 heteroatoms. The van der Waals surface area contributed by atoms with Crippen LogP contribution in [0, 0.1) is 0 Å². The first-order valence-corrected chi connectivity index (χ1v) is 22.9. The van der Waals surface area contributed by atoms with E-state index in [4.69, 9.17) is 13.6 Å². The molecule has 0 saturated carbocycles. The first-order chi connectivity index (χ1) is 25.6. The van der Waals surface area contributed by atoms with E-state index in [0.717, 1.165) is 55.8 Å². The molecule has 0 bridgehead atoms. The summed E-state index contributed by atoms with van der Waals surface area (Å²) in [4.78, 5) is 0. The second kappa shape index (κ2) is 27.1. The van der Waals surface area contributed by atoms with Crippen molar-refractivity contribution in [3.8, 4) is 17.2 Å². The highest BCUT2D eigenvalue weighted by molar-refractivity contribution is 7.43. The minimum Gasteiger partial charge on any atom is -0.408 e. The first-order valence-electron chi connectivity index (χ1n) is 21.8. The molecule has 0 radical (unpaired) electrons. The van der Waals surface area contributed by atoms with E-state index in [-0.39, 0.29) is 0 Å². The van der Waals surface area contributed by atoms with Crippen LogP contribution in [0.1, 0.15) is 190 Å². The standard InChI is InChI=1S/C48H75O3P/c1-7-13-19-28-40-31-25-37-46(43(40)34-22-16-10-4)49-52(50-47-38-26-32-41(29-20-14-8-2)44(47)35-23-17-11-5)51-48-39-27-33-42(30-21-15-9-3)45(48)36-24-18-12-6/h25-27,31-33,37-39H,7-24,28-30,34-36H2,1-6H3. The van der Waals surface area contributed by atoms with Crippen LogP contribution in [0.4, 0.5) is 0 Å². The monoisotopic (exact) mass is 731 g/mol. The van der Waals surface area contributed by atoms with Crippen LogP contribution < -0.4 is 13.6 Å². The maximum atomic E-state index is 7.09. The van der Waals surface area contributed by atoms with Crippen molar-refractivity contribution >= 4 is 8.60 Å².